The summed E-state index contributed by atoms with van der Waals surface area (Å²) in [7, 11) is 4.57. The van der Waals surface area contributed by atoms with E-state index in [1.54, 1.807) is 25.6 Å². The van der Waals surface area contributed by atoms with Crippen LogP contribution in [0.1, 0.15) is 24.3 Å². The summed E-state index contributed by atoms with van der Waals surface area (Å²) in [6, 6.07) is 3.80. The van der Waals surface area contributed by atoms with Crippen LogP contribution in [0.3, 0.4) is 0 Å². The molecule has 5 nitrogen and oxygen atoms in total. The Morgan fingerprint density at radius 3 is 2.53 bits per heavy atom. The van der Waals surface area contributed by atoms with Gasteiger partial charge < -0.3 is 19.5 Å². The molecule has 0 spiro atoms. The highest BCUT2D eigenvalue weighted by molar-refractivity contribution is 7.10. The maximum atomic E-state index is 11.5. The molecule has 0 saturated heterocycles. The number of carbonyl (C=O) groups excluding carboxylic acids is 1. The van der Waals surface area contributed by atoms with E-state index < -0.39 is 0 Å². The summed E-state index contributed by atoms with van der Waals surface area (Å²) < 4.78 is 15.2. The third-order valence-corrected chi connectivity index (χ3v) is 3.81. The van der Waals surface area contributed by atoms with Gasteiger partial charge in [-0.2, -0.15) is 0 Å². The molecule has 108 valence electrons. The van der Waals surface area contributed by atoms with Crippen LogP contribution in [0.2, 0.25) is 0 Å². The number of nitrogens with one attached hydrogen (secondary N) is 1. The molecule has 0 aliphatic heterocycles. The van der Waals surface area contributed by atoms with E-state index in [4.69, 9.17) is 14.2 Å². The van der Waals surface area contributed by atoms with Crippen molar-refractivity contribution in [3.63, 3.8) is 0 Å². The Balaban J connectivity index is 2.71. The average Bonchev–Trinajstić information content (AvgIpc) is 2.93. The van der Waals surface area contributed by atoms with Crippen molar-refractivity contribution in [2.24, 2.45) is 0 Å². The lowest BCUT2D eigenvalue weighted by Crippen LogP contribution is -2.42. The predicted octanol–water partition coefficient (Wildman–Crippen LogP) is 1.95. The summed E-state index contributed by atoms with van der Waals surface area (Å²) in [6.07, 6.45) is -0.0817. The fourth-order valence-corrected chi connectivity index (χ4v) is 2.67. The number of hydrogen-bond donors (Lipinski definition) is 1. The van der Waals surface area contributed by atoms with E-state index >= 15 is 0 Å². The zero-order chi connectivity index (χ0) is 14.3. The first-order valence-electron chi connectivity index (χ1n) is 6.04. The van der Waals surface area contributed by atoms with Gasteiger partial charge in [0.25, 0.3) is 0 Å². The van der Waals surface area contributed by atoms with Crippen molar-refractivity contribution in [1.29, 1.82) is 0 Å². The zero-order valence-electron chi connectivity index (χ0n) is 11.7. The third kappa shape index (κ3) is 4.91. The Hall–Kier alpha value is -0.950. The summed E-state index contributed by atoms with van der Waals surface area (Å²) in [5.41, 5.74) is 0. The van der Waals surface area contributed by atoms with Crippen molar-refractivity contribution in [2.45, 2.75) is 31.7 Å². The topological polar surface area (TPSA) is 56.8 Å². The van der Waals surface area contributed by atoms with Crippen molar-refractivity contribution in [1.82, 2.24) is 5.32 Å². The Labute approximate surface area is 117 Å². The molecular weight excluding hydrogens is 266 g/mol. The van der Waals surface area contributed by atoms with E-state index in [0.29, 0.717) is 0 Å². The van der Waals surface area contributed by atoms with E-state index in [0.717, 1.165) is 4.88 Å². The smallest absolute Gasteiger partial charge is 0.307 e. The standard InChI is InChI=1S/C13H21NO4S/c1-9(13(17-3)18-4)14-10(8-12(15)16-2)11-6-5-7-19-11/h5-7,9-10,13-14H,8H2,1-4H3. The molecule has 0 aliphatic carbocycles. The minimum absolute atomic E-state index is 0.0493. The number of thiophene rings is 1. The fourth-order valence-electron chi connectivity index (χ4n) is 1.88. The van der Waals surface area contributed by atoms with Crippen LogP contribution >= 0.6 is 11.3 Å². The summed E-state index contributed by atoms with van der Waals surface area (Å²) in [6.45, 7) is 1.95. The van der Waals surface area contributed by atoms with Crippen LogP contribution in [0.4, 0.5) is 0 Å². The summed E-state index contributed by atoms with van der Waals surface area (Å²) in [5, 5.41) is 5.33. The molecule has 2 atom stereocenters. The number of carbonyl (C=O) groups is 1. The molecule has 1 N–H and O–H groups in total. The van der Waals surface area contributed by atoms with Crippen LogP contribution in [-0.4, -0.2) is 39.6 Å². The molecule has 1 aromatic rings. The monoisotopic (exact) mass is 287 g/mol. The van der Waals surface area contributed by atoms with Crippen LogP contribution < -0.4 is 5.32 Å². The lowest BCUT2D eigenvalue weighted by atomic mass is 10.1. The van der Waals surface area contributed by atoms with Crippen molar-refractivity contribution in [3.8, 4) is 0 Å². The van der Waals surface area contributed by atoms with Gasteiger partial charge in [0.05, 0.1) is 25.6 Å². The lowest BCUT2D eigenvalue weighted by Gasteiger charge is -2.26. The predicted molar refractivity (Wildman–Crippen MR) is 74.1 cm³/mol. The fraction of sp³-hybridized carbons (Fsp3) is 0.615. The van der Waals surface area contributed by atoms with Gasteiger partial charge in [0.1, 0.15) is 0 Å². The van der Waals surface area contributed by atoms with E-state index in [1.165, 1.54) is 7.11 Å². The molecular formula is C13H21NO4S. The zero-order valence-corrected chi connectivity index (χ0v) is 12.5. The molecule has 0 saturated carbocycles. The van der Waals surface area contributed by atoms with Crippen LogP contribution in [-0.2, 0) is 19.0 Å². The normalized spacial score (nSPS) is 14.4. The molecule has 0 bridgehead atoms. The molecule has 19 heavy (non-hydrogen) atoms. The average molecular weight is 287 g/mol. The van der Waals surface area contributed by atoms with E-state index in [1.807, 2.05) is 24.4 Å². The van der Waals surface area contributed by atoms with Gasteiger partial charge in [0, 0.05) is 19.1 Å². The SMILES string of the molecule is COC(=O)CC(NC(C)C(OC)OC)c1cccs1. The number of hydrogen-bond acceptors (Lipinski definition) is 6. The van der Waals surface area contributed by atoms with Gasteiger partial charge in [0.15, 0.2) is 6.29 Å². The molecule has 0 fully saturated rings. The van der Waals surface area contributed by atoms with Gasteiger partial charge in [-0.15, -0.1) is 11.3 Å². The van der Waals surface area contributed by atoms with Gasteiger partial charge in [-0.05, 0) is 18.4 Å². The van der Waals surface area contributed by atoms with Crippen molar-refractivity contribution < 1.29 is 19.0 Å². The summed E-state index contributed by atoms with van der Waals surface area (Å²) in [4.78, 5) is 12.6. The Bertz CT molecular complexity index is 365. The second-order valence-corrected chi connectivity index (χ2v) is 5.12. The maximum absolute atomic E-state index is 11.5. The highest BCUT2D eigenvalue weighted by atomic mass is 32.1. The molecule has 0 radical (unpaired) electrons. The molecule has 0 aliphatic rings. The van der Waals surface area contributed by atoms with Crippen molar-refractivity contribution in [2.75, 3.05) is 21.3 Å². The Morgan fingerprint density at radius 2 is 2.05 bits per heavy atom. The van der Waals surface area contributed by atoms with Crippen LogP contribution in [0, 0.1) is 0 Å². The van der Waals surface area contributed by atoms with Gasteiger partial charge in [0.2, 0.25) is 0 Å². The number of esters is 1. The minimum atomic E-state index is -0.361. The second kappa shape index (κ2) is 8.27. The first-order valence-corrected chi connectivity index (χ1v) is 6.92. The number of methoxy groups -OCH3 is 3. The number of ether oxygens (including phenoxy) is 3. The summed E-state index contributed by atoms with van der Waals surface area (Å²) in [5.74, 6) is -0.246. The lowest BCUT2D eigenvalue weighted by molar-refractivity contribution is -0.142. The molecule has 0 amide bonds. The molecule has 1 rings (SSSR count). The quantitative estimate of drug-likeness (QED) is 0.585. The Kier molecular flexibility index (Phi) is 7.01. The maximum Gasteiger partial charge on any atom is 0.307 e. The molecule has 6 heteroatoms. The first-order chi connectivity index (χ1) is 9.12. The van der Waals surface area contributed by atoms with Crippen LogP contribution in [0.15, 0.2) is 17.5 Å². The molecule has 0 aromatic carbocycles. The minimum Gasteiger partial charge on any atom is -0.469 e. The molecule has 2 unspecified atom stereocenters. The summed E-state index contributed by atoms with van der Waals surface area (Å²) >= 11 is 1.60. The molecule has 1 heterocycles. The van der Waals surface area contributed by atoms with Crippen molar-refractivity contribution in [3.05, 3.63) is 22.4 Å². The van der Waals surface area contributed by atoms with E-state index in [9.17, 15) is 4.79 Å². The van der Waals surface area contributed by atoms with E-state index in [2.05, 4.69) is 5.32 Å². The second-order valence-electron chi connectivity index (χ2n) is 4.14. The van der Waals surface area contributed by atoms with Crippen LogP contribution in [0.5, 0.6) is 0 Å². The van der Waals surface area contributed by atoms with Crippen molar-refractivity contribution >= 4 is 17.3 Å². The third-order valence-electron chi connectivity index (χ3n) is 2.82. The molecule has 1 aromatic heterocycles. The largest absolute Gasteiger partial charge is 0.469 e. The van der Waals surface area contributed by atoms with Crippen LogP contribution in [0.25, 0.3) is 0 Å². The van der Waals surface area contributed by atoms with Gasteiger partial charge in [-0.25, -0.2) is 0 Å². The highest BCUT2D eigenvalue weighted by Gasteiger charge is 2.23. The number of rotatable bonds is 8. The first kappa shape index (κ1) is 16.1. The Morgan fingerprint density at radius 1 is 1.37 bits per heavy atom. The van der Waals surface area contributed by atoms with Gasteiger partial charge in [-0.3, -0.25) is 4.79 Å². The van der Waals surface area contributed by atoms with Gasteiger partial charge in [-0.1, -0.05) is 6.07 Å². The highest BCUT2D eigenvalue weighted by Crippen LogP contribution is 2.23. The van der Waals surface area contributed by atoms with Gasteiger partial charge >= 0.3 is 5.97 Å². The van der Waals surface area contributed by atoms with E-state index in [-0.39, 0.29) is 30.8 Å².